The van der Waals surface area contributed by atoms with Gasteiger partial charge in [-0.3, -0.25) is 9.69 Å². The molecule has 2 atom stereocenters. The molecule has 0 aliphatic carbocycles. The minimum Gasteiger partial charge on any atom is -0.472 e. The van der Waals surface area contributed by atoms with Crippen LogP contribution in [0.2, 0.25) is 5.02 Å². The van der Waals surface area contributed by atoms with E-state index in [9.17, 15) is 18.8 Å². The number of thiophene rings is 1. The molecule has 2 aromatic carbocycles. The number of carbonyl (C=O) groups is 1. The number of nitrogens with zero attached hydrogens (tertiary/aromatic N) is 6. The first-order valence-corrected chi connectivity index (χ1v) is 19.2. The van der Waals surface area contributed by atoms with Crippen LogP contribution in [0.5, 0.6) is 6.01 Å². The van der Waals surface area contributed by atoms with Gasteiger partial charge in [0.05, 0.1) is 59.0 Å². The highest BCUT2D eigenvalue weighted by Gasteiger charge is 2.51. The van der Waals surface area contributed by atoms with Crippen LogP contribution in [-0.4, -0.2) is 95.5 Å². The smallest absolute Gasteiger partial charge is 0.319 e. The van der Waals surface area contributed by atoms with Crippen molar-refractivity contribution in [1.29, 1.82) is 5.26 Å². The molecule has 0 radical (unpaired) electrons. The zero-order chi connectivity index (χ0) is 38.2. The van der Waals surface area contributed by atoms with E-state index in [1.54, 1.807) is 24.0 Å². The van der Waals surface area contributed by atoms with Crippen LogP contribution in [-0.2, 0) is 9.53 Å². The predicted molar refractivity (Wildman–Crippen MR) is 203 cm³/mol. The normalized spacial score (nSPS) is 22.4. The van der Waals surface area contributed by atoms with Crippen LogP contribution in [0.1, 0.15) is 30.4 Å². The Bertz CT molecular complexity index is 2450. The summed E-state index contributed by atoms with van der Waals surface area (Å²) < 4.78 is 64.7. The first-order valence-electron chi connectivity index (χ1n) is 18.0. The number of ether oxygens (including phenoxy) is 2. The summed E-state index contributed by atoms with van der Waals surface area (Å²) >= 11 is 8.03. The van der Waals surface area contributed by atoms with Gasteiger partial charge >= 0.3 is 6.01 Å². The zero-order valence-electron chi connectivity index (χ0n) is 29.7. The van der Waals surface area contributed by atoms with Crippen LogP contribution in [0.15, 0.2) is 46.8 Å². The van der Waals surface area contributed by atoms with E-state index in [0.29, 0.717) is 62.5 Å². The Morgan fingerprint density at radius 2 is 2.07 bits per heavy atom. The summed E-state index contributed by atoms with van der Waals surface area (Å²) in [4.78, 5) is 28.3. The number of rotatable bonds is 7. The largest absolute Gasteiger partial charge is 0.472 e. The lowest BCUT2D eigenvalue weighted by Crippen LogP contribution is -2.71. The van der Waals surface area contributed by atoms with Gasteiger partial charge in [-0.2, -0.15) is 15.2 Å². The number of aromatic nitrogens is 2. The van der Waals surface area contributed by atoms with E-state index in [1.165, 1.54) is 30.7 Å². The Hall–Kier alpha value is -4.88. The van der Waals surface area contributed by atoms with Crippen LogP contribution in [0.25, 0.3) is 38.2 Å². The molecule has 9 rings (SSSR count). The Labute approximate surface area is 322 Å². The number of aryl methyl sites for hydroxylation is 1. The van der Waals surface area contributed by atoms with Crippen molar-refractivity contribution < 1.29 is 31.9 Å². The van der Waals surface area contributed by atoms with Crippen LogP contribution < -0.4 is 15.4 Å². The monoisotopic (exact) mass is 789 g/mol. The van der Waals surface area contributed by atoms with Crippen LogP contribution in [0, 0.1) is 29.9 Å². The molecule has 0 unspecified atom stereocenters. The van der Waals surface area contributed by atoms with Gasteiger partial charge in [0.2, 0.25) is 0 Å². The summed E-state index contributed by atoms with van der Waals surface area (Å²) in [5.74, 6) is -1.29. The summed E-state index contributed by atoms with van der Waals surface area (Å²) in [5, 5.41) is 11.0. The third kappa shape index (κ3) is 5.97. The molecule has 2 N–H and O–H groups in total. The number of carbonyl (C=O) groups excluding carboxylic acids is 1. The number of benzene rings is 2. The lowest BCUT2D eigenvalue weighted by Gasteiger charge is -2.54. The third-order valence-electron chi connectivity index (χ3n) is 11.4. The van der Waals surface area contributed by atoms with Crippen molar-refractivity contribution in [2.75, 3.05) is 63.1 Å². The van der Waals surface area contributed by atoms with E-state index in [4.69, 9.17) is 36.2 Å². The number of nitrogen functional groups attached to an aromatic ring is 1. The van der Waals surface area contributed by atoms with Crippen molar-refractivity contribution in [3.63, 3.8) is 0 Å². The minimum atomic E-state index is -0.967. The molecule has 11 nitrogen and oxygen atoms in total. The summed E-state index contributed by atoms with van der Waals surface area (Å²) in [7, 11) is 0. The van der Waals surface area contributed by atoms with Crippen molar-refractivity contribution in [2.24, 2.45) is 0 Å². The van der Waals surface area contributed by atoms with Gasteiger partial charge in [-0.05, 0) is 61.7 Å². The number of morpholine rings is 1. The first kappa shape index (κ1) is 35.8. The average molecular weight is 790 g/mol. The molecule has 4 aliphatic rings. The summed E-state index contributed by atoms with van der Waals surface area (Å²) in [5.41, 5.74) is 6.45. The minimum absolute atomic E-state index is 0.0335. The molecule has 1 amide bonds. The molecular formula is C39H35ClF3N7O4S. The number of halogens is 4. The highest BCUT2D eigenvalue weighted by molar-refractivity contribution is 7.23. The Morgan fingerprint density at radius 1 is 1.24 bits per heavy atom. The van der Waals surface area contributed by atoms with Gasteiger partial charge in [0.1, 0.15) is 47.2 Å². The fraction of sp³-hybridized carbons (Fsp3) is 0.385. The molecule has 7 heterocycles. The standard InChI is InChI=1S/C39H35ClF3N7O4S/c1-21-29-25(3-4-28(42)33(29)55-34(21)45)30-27(40)12-26-32(31(30)43)46-37(53-20-38-6-2-7-50(38)15-24(41)13-38)47-35(26)48-8-10-54-39(17-48)18-49(19-39)36(51)23(14-44)11-22-5-9-52-16-22/h3-5,9,11-12,16,24H,2,6-8,10,13,15,17-20,45H2,1H3/b23-11+/t24-,38+/m1/s1. The van der Waals surface area contributed by atoms with Gasteiger partial charge < -0.3 is 29.4 Å². The maximum Gasteiger partial charge on any atom is 0.319 e. The number of alkyl halides is 1. The van der Waals surface area contributed by atoms with Crippen molar-refractivity contribution in [3.8, 4) is 23.2 Å². The van der Waals surface area contributed by atoms with E-state index in [1.807, 2.05) is 11.0 Å². The maximum atomic E-state index is 17.2. The van der Waals surface area contributed by atoms with E-state index in [-0.39, 0.29) is 60.5 Å². The molecule has 16 heteroatoms. The Kier molecular flexibility index (Phi) is 8.72. The van der Waals surface area contributed by atoms with E-state index in [0.717, 1.165) is 30.7 Å². The van der Waals surface area contributed by atoms with Crippen molar-refractivity contribution in [2.45, 2.75) is 43.5 Å². The average Bonchev–Trinajstić information content (AvgIpc) is 3.94. The Balaban J connectivity index is 1.09. The Morgan fingerprint density at radius 3 is 2.85 bits per heavy atom. The number of anilines is 2. The number of nitriles is 1. The van der Waals surface area contributed by atoms with Crippen LogP contribution in [0.3, 0.4) is 0 Å². The lowest BCUT2D eigenvalue weighted by atomic mass is 9.90. The van der Waals surface area contributed by atoms with Crippen LogP contribution >= 0.6 is 22.9 Å². The number of amides is 1. The third-order valence-corrected chi connectivity index (χ3v) is 12.8. The maximum absolute atomic E-state index is 17.2. The molecule has 0 saturated carbocycles. The van der Waals surface area contributed by atoms with Crippen molar-refractivity contribution >= 4 is 66.7 Å². The number of likely N-dealkylation sites (tertiary alicyclic amines) is 1. The fourth-order valence-corrected chi connectivity index (χ4v) is 10.1. The van der Waals surface area contributed by atoms with Crippen molar-refractivity contribution in [1.82, 2.24) is 19.8 Å². The van der Waals surface area contributed by atoms with E-state index in [2.05, 4.69) is 9.88 Å². The summed E-state index contributed by atoms with van der Waals surface area (Å²) in [6, 6.07) is 7.93. The second-order valence-corrected chi connectivity index (χ2v) is 16.3. The number of fused-ring (bicyclic) bond motifs is 3. The quantitative estimate of drug-likeness (QED) is 0.137. The predicted octanol–water partition coefficient (Wildman–Crippen LogP) is 6.91. The van der Waals surface area contributed by atoms with Gasteiger partial charge in [0.25, 0.3) is 5.91 Å². The molecule has 4 saturated heterocycles. The van der Waals surface area contributed by atoms with Gasteiger partial charge in [0, 0.05) is 41.4 Å². The summed E-state index contributed by atoms with van der Waals surface area (Å²) in [6.07, 6.45) is 5.42. The van der Waals surface area contributed by atoms with E-state index >= 15 is 4.39 Å². The highest BCUT2D eigenvalue weighted by atomic mass is 35.5. The molecule has 1 spiro atoms. The van der Waals surface area contributed by atoms with Crippen LogP contribution in [0.4, 0.5) is 24.0 Å². The molecule has 4 fully saturated rings. The van der Waals surface area contributed by atoms with Gasteiger partial charge in [-0.25, -0.2) is 13.2 Å². The van der Waals surface area contributed by atoms with Gasteiger partial charge in [-0.15, -0.1) is 11.3 Å². The fourth-order valence-electron chi connectivity index (χ4n) is 8.75. The molecular weight excluding hydrogens is 755 g/mol. The first-order chi connectivity index (χ1) is 26.5. The topological polar surface area (TPSA) is 134 Å². The molecule has 284 valence electrons. The van der Waals surface area contributed by atoms with Gasteiger partial charge in [-0.1, -0.05) is 17.7 Å². The van der Waals surface area contributed by atoms with Crippen molar-refractivity contribution in [3.05, 3.63) is 70.1 Å². The molecule has 0 bridgehead atoms. The number of hydrogen-bond donors (Lipinski definition) is 1. The van der Waals surface area contributed by atoms with Gasteiger partial charge in [0.15, 0.2) is 5.82 Å². The summed E-state index contributed by atoms with van der Waals surface area (Å²) in [6.45, 7) is 4.35. The second-order valence-electron chi connectivity index (χ2n) is 14.9. The zero-order valence-corrected chi connectivity index (χ0v) is 31.3. The molecule has 3 aromatic heterocycles. The number of nitrogens with two attached hydrogens (primary N) is 1. The molecule has 4 aliphatic heterocycles. The number of furan rings is 1. The second kappa shape index (κ2) is 13.4. The molecule has 55 heavy (non-hydrogen) atoms. The lowest BCUT2D eigenvalue weighted by molar-refractivity contribution is -0.167. The SMILES string of the molecule is Cc1c(N)sc2c(F)ccc(-c3c(Cl)cc4c(N5CCOC6(CN(C(=O)/C(C#N)=C/c7ccoc7)C6)C5)nc(OC[C@@]56CCCN5C[C@H](F)C6)nc4c3F)c12. The number of hydrogen-bond acceptors (Lipinski definition) is 11. The van der Waals surface area contributed by atoms with E-state index < -0.39 is 34.9 Å². The highest BCUT2D eigenvalue weighted by Crippen LogP contribution is 2.46. The molecule has 5 aromatic rings.